The van der Waals surface area contributed by atoms with Crippen molar-refractivity contribution < 1.29 is 22.7 Å². The summed E-state index contributed by atoms with van der Waals surface area (Å²) in [6, 6.07) is 13.6. The van der Waals surface area contributed by atoms with E-state index in [1.165, 1.54) is 19.2 Å². The van der Waals surface area contributed by atoms with Crippen molar-refractivity contribution in [1.82, 2.24) is 15.1 Å². The third kappa shape index (κ3) is 4.78. The second kappa shape index (κ2) is 8.67. The van der Waals surface area contributed by atoms with Gasteiger partial charge >= 0.3 is 6.18 Å². The molecule has 0 atom stereocenters. The quantitative estimate of drug-likeness (QED) is 0.590. The first-order valence-corrected chi connectivity index (χ1v) is 8.99. The summed E-state index contributed by atoms with van der Waals surface area (Å²) in [7, 11) is 1.53. The zero-order valence-electron chi connectivity index (χ0n) is 15.3. The minimum absolute atomic E-state index is 0.205. The topological polar surface area (TPSA) is 56.1 Å². The number of nitrogens with one attached hydrogen (secondary N) is 1. The normalized spacial score (nSPS) is 11.5. The third-order valence-electron chi connectivity index (χ3n) is 4.12. The first kappa shape index (κ1) is 20.9. The van der Waals surface area contributed by atoms with E-state index in [1.54, 1.807) is 36.4 Å². The van der Waals surface area contributed by atoms with Crippen molar-refractivity contribution in [2.75, 3.05) is 20.3 Å². The molecule has 3 rings (SSSR count). The van der Waals surface area contributed by atoms with Gasteiger partial charge in [-0.3, -0.25) is 4.79 Å². The Morgan fingerprint density at radius 3 is 2.48 bits per heavy atom. The van der Waals surface area contributed by atoms with Crippen LogP contribution in [-0.4, -0.2) is 35.9 Å². The number of aromatic nitrogens is 2. The molecule has 152 valence electrons. The number of para-hydroxylation sites is 1. The Labute approximate surface area is 170 Å². The van der Waals surface area contributed by atoms with Crippen LogP contribution in [0, 0.1) is 0 Å². The summed E-state index contributed by atoms with van der Waals surface area (Å²) in [5.41, 5.74) is 0.331. The lowest BCUT2D eigenvalue weighted by Crippen LogP contribution is -2.26. The van der Waals surface area contributed by atoms with Gasteiger partial charge in [0.1, 0.15) is 0 Å². The minimum Gasteiger partial charge on any atom is -0.383 e. The Morgan fingerprint density at radius 1 is 1.17 bits per heavy atom. The molecule has 0 saturated heterocycles. The molecule has 0 saturated carbocycles. The smallest absolute Gasteiger partial charge is 0.383 e. The van der Waals surface area contributed by atoms with Crippen LogP contribution in [0.1, 0.15) is 16.1 Å². The number of halogens is 4. The fourth-order valence-corrected chi connectivity index (χ4v) is 2.91. The van der Waals surface area contributed by atoms with Crippen LogP contribution in [0.15, 0.2) is 54.6 Å². The van der Waals surface area contributed by atoms with Gasteiger partial charge in [0.2, 0.25) is 0 Å². The average Bonchev–Trinajstić information content (AvgIpc) is 3.14. The van der Waals surface area contributed by atoms with Crippen LogP contribution in [0.25, 0.3) is 16.9 Å². The Bertz CT molecular complexity index is 1000. The van der Waals surface area contributed by atoms with E-state index in [0.29, 0.717) is 30.0 Å². The van der Waals surface area contributed by atoms with Gasteiger partial charge in [-0.2, -0.15) is 18.3 Å². The summed E-state index contributed by atoms with van der Waals surface area (Å²) in [4.78, 5) is 12.1. The van der Waals surface area contributed by atoms with Gasteiger partial charge < -0.3 is 10.1 Å². The van der Waals surface area contributed by atoms with Gasteiger partial charge in [0.25, 0.3) is 5.91 Å². The number of hydrogen-bond acceptors (Lipinski definition) is 3. The zero-order chi connectivity index (χ0) is 21.0. The number of hydrogen-bond donors (Lipinski definition) is 1. The molecule has 9 heteroatoms. The van der Waals surface area contributed by atoms with Gasteiger partial charge in [0, 0.05) is 24.8 Å². The number of ether oxygens (including phenoxy) is 1. The molecule has 3 aromatic rings. The van der Waals surface area contributed by atoms with Gasteiger partial charge in [0.05, 0.1) is 23.0 Å². The van der Waals surface area contributed by atoms with Crippen LogP contribution in [0.5, 0.6) is 0 Å². The molecule has 0 aliphatic heterocycles. The van der Waals surface area contributed by atoms with E-state index in [2.05, 4.69) is 10.4 Å². The fourth-order valence-electron chi connectivity index (χ4n) is 2.69. The van der Waals surface area contributed by atoms with Crippen molar-refractivity contribution in [2.45, 2.75) is 6.18 Å². The molecule has 5 nitrogen and oxygen atoms in total. The number of rotatable bonds is 6. The highest BCUT2D eigenvalue weighted by atomic mass is 35.5. The summed E-state index contributed by atoms with van der Waals surface area (Å²) in [6.07, 6.45) is -4.61. The van der Waals surface area contributed by atoms with Gasteiger partial charge in [-0.25, -0.2) is 4.68 Å². The molecule has 2 aromatic carbocycles. The number of carbonyl (C=O) groups excluding carboxylic acids is 1. The first-order valence-electron chi connectivity index (χ1n) is 8.61. The summed E-state index contributed by atoms with van der Waals surface area (Å²) >= 11 is 6.16. The molecule has 0 unspecified atom stereocenters. The van der Waals surface area contributed by atoms with E-state index >= 15 is 0 Å². The van der Waals surface area contributed by atoms with Crippen LogP contribution in [0.4, 0.5) is 13.2 Å². The molecule has 0 fully saturated rings. The summed E-state index contributed by atoms with van der Waals surface area (Å²) in [6.45, 7) is 0.729. The van der Waals surface area contributed by atoms with Crippen LogP contribution in [0.2, 0.25) is 5.02 Å². The molecule has 1 N–H and O–H groups in total. The molecule has 29 heavy (non-hydrogen) atoms. The lowest BCUT2D eigenvalue weighted by atomic mass is 10.1. The number of methoxy groups -OCH3 is 1. The largest absolute Gasteiger partial charge is 0.435 e. The highest BCUT2D eigenvalue weighted by Crippen LogP contribution is 2.34. The SMILES string of the molecule is COCCNC(=O)c1ccc(-c2cc(C(F)(F)F)nn2-c2ccccc2Cl)cc1. The Balaban J connectivity index is 1.98. The average molecular weight is 424 g/mol. The second-order valence-corrected chi connectivity index (χ2v) is 6.51. The summed E-state index contributed by atoms with van der Waals surface area (Å²) in [5.74, 6) is -0.302. The standard InChI is InChI=1S/C20H17ClF3N3O2/c1-29-11-10-25-19(28)14-8-6-13(7-9-14)17-12-18(20(22,23)24)26-27(17)16-5-3-2-4-15(16)21/h2-9,12H,10-11H2,1H3,(H,25,28). The maximum absolute atomic E-state index is 13.3. The molecule has 0 aliphatic rings. The molecule has 0 radical (unpaired) electrons. The molecular weight excluding hydrogens is 407 g/mol. The number of nitrogens with zero attached hydrogens (tertiary/aromatic N) is 2. The van der Waals surface area contributed by atoms with Gasteiger partial charge in [-0.15, -0.1) is 0 Å². The van der Waals surface area contributed by atoms with Crippen molar-refractivity contribution >= 4 is 17.5 Å². The molecule has 0 aliphatic carbocycles. The van der Waals surface area contributed by atoms with Crippen molar-refractivity contribution in [3.05, 3.63) is 70.9 Å². The lowest BCUT2D eigenvalue weighted by molar-refractivity contribution is -0.141. The van der Waals surface area contributed by atoms with Gasteiger partial charge in [-0.1, -0.05) is 35.9 Å². The van der Waals surface area contributed by atoms with Crippen molar-refractivity contribution in [3.8, 4) is 16.9 Å². The van der Waals surface area contributed by atoms with E-state index < -0.39 is 11.9 Å². The predicted molar refractivity (Wildman–Crippen MR) is 103 cm³/mol. The van der Waals surface area contributed by atoms with Crippen LogP contribution < -0.4 is 5.32 Å². The molecule has 0 spiro atoms. The van der Waals surface area contributed by atoms with E-state index in [1.807, 2.05) is 0 Å². The number of carbonyl (C=O) groups is 1. The monoisotopic (exact) mass is 423 g/mol. The van der Waals surface area contributed by atoms with Gasteiger partial charge in [0.15, 0.2) is 5.69 Å². The maximum atomic E-state index is 13.3. The zero-order valence-corrected chi connectivity index (χ0v) is 16.1. The number of benzene rings is 2. The number of amides is 1. The third-order valence-corrected chi connectivity index (χ3v) is 4.43. The molecule has 0 bridgehead atoms. The van der Waals surface area contributed by atoms with Crippen molar-refractivity contribution in [3.63, 3.8) is 0 Å². The van der Waals surface area contributed by atoms with Crippen molar-refractivity contribution in [2.24, 2.45) is 0 Å². The molecular formula is C20H17ClF3N3O2. The van der Waals surface area contributed by atoms with E-state index in [4.69, 9.17) is 16.3 Å². The second-order valence-electron chi connectivity index (χ2n) is 6.10. The van der Waals surface area contributed by atoms with E-state index in [0.717, 1.165) is 10.7 Å². The highest BCUT2D eigenvalue weighted by molar-refractivity contribution is 6.32. The van der Waals surface area contributed by atoms with Crippen LogP contribution >= 0.6 is 11.6 Å². The highest BCUT2D eigenvalue weighted by Gasteiger charge is 2.35. The first-order chi connectivity index (χ1) is 13.8. The fraction of sp³-hybridized carbons (Fsp3) is 0.200. The molecule has 1 amide bonds. The Hall–Kier alpha value is -2.84. The van der Waals surface area contributed by atoms with Crippen LogP contribution in [0.3, 0.4) is 0 Å². The number of alkyl halides is 3. The molecule has 1 aromatic heterocycles. The van der Waals surface area contributed by atoms with Gasteiger partial charge in [-0.05, 0) is 30.3 Å². The van der Waals surface area contributed by atoms with E-state index in [9.17, 15) is 18.0 Å². The Kier molecular flexibility index (Phi) is 6.24. The summed E-state index contributed by atoms with van der Waals surface area (Å²) in [5, 5.41) is 6.65. The van der Waals surface area contributed by atoms with E-state index in [-0.39, 0.29) is 16.6 Å². The molecule has 1 heterocycles. The summed E-state index contributed by atoms with van der Waals surface area (Å²) < 4.78 is 45.8. The lowest BCUT2D eigenvalue weighted by Gasteiger charge is -2.10. The predicted octanol–water partition coefficient (Wildman–Crippen LogP) is 4.59. The Morgan fingerprint density at radius 2 is 1.86 bits per heavy atom. The minimum atomic E-state index is -4.61. The van der Waals surface area contributed by atoms with Crippen LogP contribution in [-0.2, 0) is 10.9 Å². The maximum Gasteiger partial charge on any atom is 0.435 e. The van der Waals surface area contributed by atoms with Crippen molar-refractivity contribution in [1.29, 1.82) is 0 Å².